The van der Waals surface area contributed by atoms with E-state index in [1.165, 1.54) is 0 Å². The minimum atomic E-state index is -0.285. The van der Waals surface area contributed by atoms with E-state index in [-0.39, 0.29) is 11.9 Å². The van der Waals surface area contributed by atoms with E-state index in [1.54, 1.807) is 24.3 Å². The molecule has 86 valence electrons. The van der Waals surface area contributed by atoms with Crippen molar-refractivity contribution in [3.8, 4) is 0 Å². The Morgan fingerprint density at radius 1 is 1.56 bits per heavy atom. The lowest BCUT2D eigenvalue weighted by atomic mass is 10.2. The predicted octanol–water partition coefficient (Wildman–Crippen LogP) is 1.27. The average molecular weight is 241 g/mol. The molecule has 16 heavy (non-hydrogen) atoms. The highest BCUT2D eigenvalue weighted by atomic mass is 35.5. The summed E-state index contributed by atoms with van der Waals surface area (Å²) in [5, 5.41) is 6.47. The smallest absolute Gasteiger partial charge is 0.243 e. The van der Waals surface area contributed by atoms with Crippen molar-refractivity contribution in [1.82, 2.24) is 5.32 Å². The molecule has 1 aliphatic heterocycles. The van der Waals surface area contributed by atoms with Crippen molar-refractivity contribution in [1.29, 1.82) is 0 Å². The number of morpholine rings is 1. The number of carbonyl (C=O) groups excluding carboxylic acids is 1. The molecule has 0 radical (unpaired) electrons. The van der Waals surface area contributed by atoms with E-state index in [2.05, 4.69) is 10.6 Å². The lowest BCUT2D eigenvalue weighted by Gasteiger charge is -2.22. The van der Waals surface area contributed by atoms with Crippen LogP contribution in [0.2, 0.25) is 5.02 Å². The number of hydrogen-bond donors (Lipinski definition) is 2. The summed E-state index contributed by atoms with van der Waals surface area (Å²) in [5.41, 5.74) is 0.699. The topological polar surface area (TPSA) is 50.4 Å². The third-order valence-corrected chi connectivity index (χ3v) is 2.57. The van der Waals surface area contributed by atoms with E-state index in [0.717, 1.165) is 0 Å². The van der Waals surface area contributed by atoms with Gasteiger partial charge in [-0.15, -0.1) is 0 Å². The first-order valence-corrected chi connectivity index (χ1v) is 5.51. The van der Waals surface area contributed by atoms with Crippen molar-refractivity contribution >= 4 is 23.2 Å². The molecule has 1 aromatic carbocycles. The zero-order valence-corrected chi connectivity index (χ0v) is 9.46. The van der Waals surface area contributed by atoms with E-state index in [0.29, 0.717) is 30.5 Å². The van der Waals surface area contributed by atoms with E-state index >= 15 is 0 Å². The second-order valence-electron chi connectivity index (χ2n) is 3.58. The van der Waals surface area contributed by atoms with Gasteiger partial charge < -0.3 is 15.4 Å². The molecule has 1 fully saturated rings. The molecule has 0 saturated carbocycles. The van der Waals surface area contributed by atoms with Crippen LogP contribution in [0.1, 0.15) is 0 Å². The molecule has 2 N–H and O–H groups in total. The molecule has 0 spiro atoms. The molecule has 1 amide bonds. The second kappa shape index (κ2) is 5.30. The lowest BCUT2D eigenvalue weighted by molar-refractivity contribution is -0.120. The molecule has 2 rings (SSSR count). The summed E-state index contributed by atoms with van der Waals surface area (Å²) < 4.78 is 5.22. The maximum atomic E-state index is 11.8. The van der Waals surface area contributed by atoms with Crippen molar-refractivity contribution in [3.63, 3.8) is 0 Å². The van der Waals surface area contributed by atoms with Crippen LogP contribution in [0.4, 0.5) is 5.69 Å². The Kier molecular flexibility index (Phi) is 3.77. The minimum absolute atomic E-state index is 0.0954. The highest BCUT2D eigenvalue weighted by Crippen LogP contribution is 2.15. The molecule has 0 aliphatic carbocycles. The second-order valence-corrected chi connectivity index (χ2v) is 4.02. The number of benzene rings is 1. The highest BCUT2D eigenvalue weighted by molar-refractivity contribution is 6.30. The maximum Gasteiger partial charge on any atom is 0.243 e. The van der Waals surface area contributed by atoms with Crippen LogP contribution < -0.4 is 10.6 Å². The van der Waals surface area contributed by atoms with Gasteiger partial charge in [0, 0.05) is 17.3 Å². The molecule has 1 aromatic rings. The van der Waals surface area contributed by atoms with Crippen molar-refractivity contribution in [2.45, 2.75) is 6.04 Å². The van der Waals surface area contributed by atoms with Crippen LogP contribution in [-0.2, 0) is 9.53 Å². The number of rotatable bonds is 2. The predicted molar refractivity (Wildman–Crippen MR) is 62.7 cm³/mol. The number of amides is 1. The first-order valence-electron chi connectivity index (χ1n) is 5.13. The Bertz CT molecular complexity index is 378. The third-order valence-electron chi connectivity index (χ3n) is 2.33. The van der Waals surface area contributed by atoms with Gasteiger partial charge in [-0.1, -0.05) is 17.7 Å². The summed E-state index contributed by atoms with van der Waals surface area (Å²) >= 11 is 5.82. The first kappa shape index (κ1) is 11.4. The van der Waals surface area contributed by atoms with Gasteiger partial charge in [-0.05, 0) is 18.2 Å². The number of carbonyl (C=O) groups is 1. The molecular formula is C11H13ClN2O2. The lowest BCUT2D eigenvalue weighted by Crippen LogP contribution is -2.48. The Balaban J connectivity index is 1.96. The Labute approximate surface area is 98.9 Å². The molecule has 0 bridgehead atoms. The van der Waals surface area contributed by atoms with Crippen molar-refractivity contribution in [3.05, 3.63) is 29.3 Å². The van der Waals surface area contributed by atoms with Gasteiger partial charge in [0.05, 0.1) is 13.2 Å². The van der Waals surface area contributed by atoms with E-state index < -0.39 is 0 Å². The van der Waals surface area contributed by atoms with Crippen molar-refractivity contribution in [2.75, 3.05) is 25.1 Å². The molecule has 1 atom stereocenters. The highest BCUT2D eigenvalue weighted by Gasteiger charge is 2.20. The summed E-state index contributed by atoms with van der Waals surface area (Å²) in [6.07, 6.45) is 0. The van der Waals surface area contributed by atoms with Gasteiger partial charge in [-0.3, -0.25) is 4.79 Å². The van der Waals surface area contributed by atoms with Gasteiger partial charge in [0.15, 0.2) is 0 Å². The molecule has 1 aliphatic rings. The molecule has 0 aromatic heterocycles. The number of nitrogens with one attached hydrogen (secondary N) is 2. The molecule has 1 saturated heterocycles. The van der Waals surface area contributed by atoms with Gasteiger partial charge in [-0.2, -0.15) is 0 Å². The van der Waals surface area contributed by atoms with Crippen LogP contribution in [0.5, 0.6) is 0 Å². The minimum Gasteiger partial charge on any atom is -0.378 e. The molecule has 1 unspecified atom stereocenters. The summed E-state index contributed by atoms with van der Waals surface area (Å²) in [7, 11) is 0. The maximum absolute atomic E-state index is 11.8. The standard InChI is InChI=1S/C11H13ClN2O2/c12-8-2-1-3-9(6-8)14-11(15)10-7-16-5-4-13-10/h1-3,6,10,13H,4-5,7H2,(H,14,15). The average Bonchev–Trinajstić information content (AvgIpc) is 2.30. The zero-order chi connectivity index (χ0) is 11.4. The monoisotopic (exact) mass is 240 g/mol. The largest absolute Gasteiger partial charge is 0.378 e. The zero-order valence-electron chi connectivity index (χ0n) is 8.70. The van der Waals surface area contributed by atoms with Crippen LogP contribution in [0.15, 0.2) is 24.3 Å². The first-order chi connectivity index (χ1) is 7.75. The SMILES string of the molecule is O=C(Nc1cccc(Cl)c1)C1COCCN1. The molecule has 5 heteroatoms. The Hall–Kier alpha value is -1.10. The fraction of sp³-hybridized carbons (Fsp3) is 0.364. The van der Waals surface area contributed by atoms with Gasteiger partial charge >= 0.3 is 0 Å². The van der Waals surface area contributed by atoms with Crippen LogP contribution in [-0.4, -0.2) is 31.7 Å². The number of ether oxygens (including phenoxy) is 1. The summed E-state index contributed by atoms with van der Waals surface area (Å²) in [4.78, 5) is 11.8. The third kappa shape index (κ3) is 2.95. The normalized spacial score (nSPS) is 20.4. The summed E-state index contributed by atoms with van der Waals surface area (Å²) in [6.45, 7) is 1.76. The quantitative estimate of drug-likeness (QED) is 0.819. The summed E-state index contributed by atoms with van der Waals surface area (Å²) in [6, 6.07) is 6.78. The Morgan fingerprint density at radius 2 is 2.44 bits per heavy atom. The number of hydrogen-bond acceptors (Lipinski definition) is 3. The van der Waals surface area contributed by atoms with Crippen LogP contribution >= 0.6 is 11.6 Å². The Morgan fingerprint density at radius 3 is 3.12 bits per heavy atom. The van der Waals surface area contributed by atoms with E-state index in [1.807, 2.05) is 0 Å². The van der Waals surface area contributed by atoms with Gasteiger partial charge in [0.2, 0.25) is 5.91 Å². The molecular weight excluding hydrogens is 228 g/mol. The van der Waals surface area contributed by atoms with E-state index in [9.17, 15) is 4.79 Å². The van der Waals surface area contributed by atoms with Crippen LogP contribution in [0.3, 0.4) is 0 Å². The van der Waals surface area contributed by atoms with Crippen molar-refractivity contribution in [2.24, 2.45) is 0 Å². The van der Waals surface area contributed by atoms with Gasteiger partial charge in [0.1, 0.15) is 6.04 Å². The van der Waals surface area contributed by atoms with E-state index in [4.69, 9.17) is 16.3 Å². The number of halogens is 1. The number of anilines is 1. The molecule has 1 heterocycles. The van der Waals surface area contributed by atoms with Crippen LogP contribution in [0.25, 0.3) is 0 Å². The van der Waals surface area contributed by atoms with Gasteiger partial charge in [0.25, 0.3) is 0 Å². The van der Waals surface area contributed by atoms with Gasteiger partial charge in [-0.25, -0.2) is 0 Å². The molecule has 4 nitrogen and oxygen atoms in total. The van der Waals surface area contributed by atoms with Crippen LogP contribution in [0, 0.1) is 0 Å². The fourth-order valence-electron chi connectivity index (χ4n) is 1.53. The summed E-state index contributed by atoms with van der Waals surface area (Å²) in [5.74, 6) is -0.0954. The van der Waals surface area contributed by atoms with Crippen molar-refractivity contribution < 1.29 is 9.53 Å². The fourth-order valence-corrected chi connectivity index (χ4v) is 1.72.